The molecular formula is C25H29F2N7O. The second-order valence-corrected chi connectivity index (χ2v) is 9.68. The third kappa shape index (κ3) is 4.69. The number of nitrogens with one attached hydrogen (secondary N) is 3. The van der Waals surface area contributed by atoms with Crippen molar-refractivity contribution in [2.75, 3.05) is 5.32 Å². The molecule has 1 fully saturated rings. The standard InChI is InChI=1S/C25H29F2N7O/c1-14-30-20-5-4-16(10-21(20)34(14)13-22(26)27)18-11-28-23-19(18)12-29-24(32-23)31-17-6-8-25(3,9-7-17)33-15(2)35/h4-5,10-12,17,22H,6-9,13H2,1-3H3,(H,33,35)(H2,28,29,31,32). The maximum Gasteiger partial charge on any atom is 0.256 e. The van der Waals surface area contributed by atoms with E-state index in [0.29, 0.717) is 28.5 Å². The van der Waals surface area contributed by atoms with Crippen molar-refractivity contribution in [3.8, 4) is 11.1 Å². The van der Waals surface area contributed by atoms with Gasteiger partial charge in [0.25, 0.3) is 6.43 Å². The van der Waals surface area contributed by atoms with Crippen LogP contribution >= 0.6 is 0 Å². The van der Waals surface area contributed by atoms with Crippen molar-refractivity contribution in [1.82, 2.24) is 29.8 Å². The molecule has 0 saturated heterocycles. The number of aromatic nitrogens is 5. The fraction of sp³-hybridized carbons (Fsp3) is 0.440. The number of halogens is 2. The number of rotatable bonds is 6. The molecule has 5 rings (SSSR count). The first-order valence-electron chi connectivity index (χ1n) is 11.9. The molecule has 0 spiro atoms. The van der Waals surface area contributed by atoms with E-state index in [1.807, 2.05) is 24.4 Å². The van der Waals surface area contributed by atoms with Gasteiger partial charge in [-0.15, -0.1) is 0 Å². The van der Waals surface area contributed by atoms with Crippen molar-refractivity contribution < 1.29 is 13.6 Å². The zero-order valence-electron chi connectivity index (χ0n) is 20.0. The average Bonchev–Trinajstić information content (AvgIpc) is 3.35. The quantitative estimate of drug-likeness (QED) is 0.367. The second-order valence-electron chi connectivity index (χ2n) is 9.68. The van der Waals surface area contributed by atoms with Crippen molar-refractivity contribution in [2.45, 2.75) is 71.0 Å². The molecule has 8 nitrogen and oxygen atoms in total. The van der Waals surface area contributed by atoms with Crippen LogP contribution in [0.1, 0.15) is 45.4 Å². The van der Waals surface area contributed by atoms with Gasteiger partial charge in [-0.25, -0.2) is 18.7 Å². The summed E-state index contributed by atoms with van der Waals surface area (Å²) in [5.41, 5.74) is 3.70. The molecule has 3 N–H and O–H groups in total. The Hall–Kier alpha value is -3.56. The van der Waals surface area contributed by atoms with Crippen LogP contribution in [-0.2, 0) is 11.3 Å². The van der Waals surface area contributed by atoms with Gasteiger partial charge < -0.3 is 20.2 Å². The number of H-pyrrole nitrogens is 1. The summed E-state index contributed by atoms with van der Waals surface area (Å²) in [7, 11) is 0. The molecule has 0 aliphatic heterocycles. The summed E-state index contributed by atoms with van der Waals surface area (Å²) in [5, 5.41) is 7.35. The van der Waals surface area contributed by atoms with E-state index in [1.54, 1.807) is 24.6 Å². The first kappa shape index (κ1) is 23.2. The van der Waals surface area contributed by atoms with E-state index in [9.17, 15) is 13.6 Å². The summed E-state index contributed by atoms with van der Waals surface area (Å²) >= 11 is 0. The van der Waals surface area contributed by atoms with Crippen molar-refractivity contribution in [3.05, 3.63) is 36.4 Å². The summed E-state index contributed by atoms with van der Waals surface area (Å²) in [6.07, 6.45) is 4.81. The summed E-state index contributed by atoms with van der Waals surface area (Å²) in [6.45, 7) is 5.00. The molecule has 1 saturated carbocycles. The van der Waals surface area contributed by atoms with Crippen LogP contribution in [0.2, 0.25) is 0 Å². The van der Waals surface area contributed by atoms with Crippen LogP contribution < -0.4 is 10.6 Å². The second kappa shape index (κ2) is 8.90. The maximum absolute atomic E-state index is 13.1. The average molecular weight is 482 g/mol. The lowest BCUT2D eigenvalue weighted by Crippen LogP contribution is -2.49. The third-order valence-electron chi connectivity index (χ3n) is 6.90. The number of nitrogens with zero attached hydrogens (tertiary/aromatic N) is 4. The molecule has 0 unspecified atom stereocenters. The van der Waals surface area contributed by atoms with Gasteiger partial charge in [-0.05, 0) is 57.2 Å². The summed E-state index contributed by atoms with van der Waals surface area (Å²) in [6, 6.07) is 5.92. The number of carbonyl (C=O) groups excluding carboxylic acids is 1. The first-order valence-corrected chi connectivity index (χ1v) is 11.9. The van der Waals surface area contributed by atoms with Crippen LogP contribution in [0.4, 0.5) is 14.7 Å². The molecule has 10 heteroatoms. The minimum atomic E-state index is -2.45. The number of alkyl halides is 2. The zero-order valence-corrected chi connectivity index (χ0v) is 20.0. The smallest absolute Gasteiger partial charge is 0.256 e. The van der Waals surface area contributed by atoms with E-state index < -0.39 is 6.43 Å². The van der Waals surface area contributed by atoms with Gasteiger partial charge in [0, 0.05) is 41.8 Å². The minimum absolute atomic E-state index is 0.00278. The number of carbonyl (C=O) groups is 1. The van der Waals surface area contributed by atoms with E-state index >= 15 is 0 Å². The Morgan fingerprint density at radius 3 is 2.77 bits per heavy atom. The van der Waals surface area contributed by atoms with E-state index in [-0.39, 0.29) is 24.0 Å². The van der Waals surface area contributed by atoms with Crippen molar-refractivity contribution in [2.24, 2.45) is 0 Å². The largest absolute Gasteiger partial charge is 0.351 e. The maximum atomic E-state index is 13.1. The van der Waals surface area contributed by atoms with E-state index in [4.69, 9.17) is 0 Å². The van der Waals surface area contributed by atoms with Crippen LogP contribution in [0.5, 0.6) is 0 Å². The van der Waals surface area contributed by atoms with Gasteiger partial charge in [0.15, 0.2) is 0 Å². The van der Waals surface area contributed by atoms with Crippen LogP contribution in [0.25, 0.3) is 33.2 Å². The predicted molar refractivity (Wildman–Crippen MR) is 131 cm³/mol. The van der Waals surface area contributed by atoms with Crippen molar-refractivity contribution in [3.63, 3.8) is 0 Å². The summed E-state index contributed by atoms with van der Waals surface area (Å²) in [5.74, 6) is 1.12. The highest BCUT2D eigenvalue weighted by molar-refractivity contribution is 5.95. The van der Waals surface area contributed by atoms with Gasteiger partial charge in [0.05, 0.1) is 17.6 Å². The van der Waals surface area contributed by atoms with Gasteiger partial charge in [-0.1, -0.05) is 6.07 Å². The topological polar surface area (TPSA) is 101 Å². The Balaban J connectivity index is 1.36. The molecule has 0 atom stereocenters. The number of imidazole rings is 1. The molecule has 1 aliphatic carbocycles. The molecule has 4 aromatic rings. The van der Waals surface area contributed by atoms with Crippen molar-refractivity contribution in [1.29, 1.82) is 0 Å². The van der Waals surface area contributed by atoms with E-state index in [2.05, 4.69) is 37.5 Å². The lowest BCUT2D eigenvalue weighted by atomic mass is 9.81. The lowest BCUT2D eigenvalue weighted by Gasteiger charge is -2.38. The number of fused-ring (bicyclic) bond motifs is 2. The fourth-order valence-corrected chi connectivity index (χ4v) is 5.13. The molecule has 184 valence electrons. The highest BCUT2D eigenvalue weighted by Gasteiger charge is 2.32. The number of benzene rings is 1. The van der Waals surface area contributed by atoms with Gasteiger partial charge in [0.2, 0.25) is 11.9 Å². The number of amides is 1. The Morgan fingerprint density at radius 1 is 1.29 bits per heavy atom. The Kier molecular flexibility index (Phi) is 5.90. The number of aryl methyl sites for hydroxylation is 1. The van der Waals surface area contributed by atoms with Crippen LogP contribution in [0.3, 0.4) is 0 Å². The molecule has 1 aliphatic rings. The Morgan fingerprint density at radius 2 is 2.06 bits per heavy atom. The molecule has 35 heavy (non-hydrogen) atoms. The first-order chi connectivity index (χ1) is 16.7. The van der Waals surface area contributed by atoms with Crippen molar-refractivity contribution >= 4 is 33.9 Å². The number of hydrogen-bond donors (Lipinski definition) is 3. The Labute approximate surface area is 201 Å². The van der Waals surface area contributed by atoms with Gasteiger partial charge in [0.1, 0.15) is 11.5 Å². The highest BCUT2D eigenvalue weighted by Crippen LogP contribution is 2.32. The molecule has 1 aromatic carbocycles. The van der Waals surface area contributed by atoms with Gasteiger partial charge in [-0.3, -0.25) is 4.79 Å². The summed E-state index contributed by atoms with van der Waals surface area (Å²) in [4.78, 5) is 28.3. The molecular weight excluding hydrogens is 452 g/mol. The van der Waals surface area contributed by atoms with Gasteiger partial charge in [-0.2, -0.15) is 4.98 Å². The molecule has 0 bridgehead atoms. The number of anilines is 1. The minimum Gasteiger partial charge on any atom is -0.351 e. The summed E-state index contributed by atoms with van der Waals surface area (Å²) < 4.78 is 27.7. The van der Waals surface area contributed by atoms with Crippen LogP contribution in [0, 0.1) is 6.92 Å². The zero-order chi connectivity index (χ0) is 24.7. The molecule has 0 radical (unpaired) electrons. The third-order valence-corrected chi connectivity index (χ3v) is 6.90. The van der Waals surface area contributed by atoms with Gasteiger partial charge >= 0.3 is 0 Å². The highest BCUT2D eigenvalue weighted by atomic mass is 19.3. The fourth-order valence-electron chi connectivity index (χ4n) is 5.13. The van der Waals surface area contributed by atoms with E-state index in [1.165, 1.54) is 0 Å². The predicted octanol–water partition coefficient (Wildman–Crippen LogP) is 4.80. The molecule has 3 heterocycles. The van der Waals surface area contributed by atoms with Crippen LogP contribution in [0.15, 0.2) is 30.6 Å². The number of aromatic amines is 1. The normalized spacial score (nSPS) is 20.6. The number of hydrogen-bond acceptors (Lipinski definition) is 5. The SMILES string of the molecule is CC(=O)NC1(C)CCC(Nc2ncc3c(-c4ccc5nc(C)n(CC(F)F)c5c4)c[nH]c3n2)CC1. The molecule has 3 aromatic heterocycles. The molecule has 1 amide bonds. The van der Waals surface area contributed by atoms with Crippen LogP contribution in [-0.4, -0.2) is 48.4 Å². The van der Waals surface area contributed by atoms with E-state index in [0.717, 1.165) is 42.2 Å². The Bertz CT molecular complexity index is 1390. The lowest BCUT2D eigenvalue weighted by molar-refractivity contribution is -0.121. The monoisotopic (exact) mass is 481 g/mol.